The van der Waals surface area contributed by atoms with Crippen LogP contribution in [-0.2, 0) is 0 Å². The van der Waals surface area contributed by atoms with Gasteiger partial charge >= 0.3 is 0 Å². The van der Waals surface area contributed by atoms with Gasteiger partial charge in [0.15, 0.2) is 0 Å². The Hall–Kier alpha value is -1.84. The third-order valence-corrected chi connectivity index (χ3v) is 1.89. The molecular weight excluding hydrogens is 198 g/mol. The monoisotopic (exact) mass is 203 g/mol. The molecule has 0 radical (unpaired) electrons. The molecule has 2 aromatic heterocycles. The van der Waals surface area contributed by atoms with Crippen LogP contribution in [0.3, 0.4) is 0 Å². The van der Waals surface area contributed by atoms with Crippen molar-refractivity contribution >= 4 is 34.3 Å². The number of nitrogens with one attached hydrogen (secondary N) is 1. The number of nitrogens with zero attached hydrogens (tertiary/aromatic N) is 2. The number of amides is 1. The zero-order chi connectivity index (χ0) is 9.97. The van der Waals surface area contributed by atoms with Gasteiger partial charge in [-0.1, -0.05) is 0 Å². The van der Waals surface area contributed by atoms with Gasteiger partial charge in [-0.15, -0.1) is 0 Å². The molecule has 68 valence electrons. The molecule has 2 rings (SSSR count). The molecule has 5 heteroatoms. The van der Waals surface area contributed by atoms with Gasteiger partial charge in [0.2, 0.25) is 0 Å². The number of aromatic amines is 1. The standard InChI is InChI=1S/C9H5N3OS/c13-9(12-5-14)7-3-6-1-2-10-8(6)11-4-7/h1-4H,(H,10,11). The summed E-state index contributed by atoms with van der Waals surface area (Å²) in [5, 5.41) is 2.90. The van der Waals surface area contributed by atoms with Gasteiger partial charge in [-0.25, -0.2) is 4.98 Å². The molecule has 2 aromatic rings. The third-order valence-electron chi connectivity index (χ3n) is 1.79. The topological polar surface area (TPSA) is 58.1 Å². The molecule has 4 nitrogen and oxygen atoms in total. The van der Waals surface area contributed by atoms with Gasteiger partial charge in [0, 0.05) is 17.8 Å². The lowest BCUT2D eigenvalue weighted by Crippen LogP contribution is -1.94. The van der Waals surface area contributed by atoms with Crippen LogP contribution in [0.1, 0.15) is 10.4 Å². The van der Waals surface area contributed by atoms with Crippen LogP contribution in [0.4, 0.5) is 0 Å². The molecule has 0 unspecified atom stereocenters. The summed E-state index contributed by atoms with van der Waals surface area (Å²) in [7, 11) is 0. The first-order valence-corrected chi connectivity index (χ1v) is 4.27. The highest BCUT2D eigenvalue weighted by Crippen LogP contribution is 2.11. The largest absolute Gasteiger partial charge is 0.346 e. The fourth-order valence-electron chi connectivity index (χ4n) is 1.16. The van der Waals surface area contributed by atoms with E-state index in [9.17, 15) is 4.79 Å². The van der Waals surface area contributed by atoms with E-state index in [2.05, 4.69) is 27.2 Å². The van der Waals surface area contributed by atoms with E-state index in [1.165, 1.54) is 6.20 Å². The van der Waals surface area contributed by atoms with Crippen molar-refractivity contribution in [1.29, 1.82) is 0 Å². The maximum absolute atomic E-state index is 11.3. The molecule has 1 amide bonds. The van der Waals surface area contributed by atoms with Crippen molar-refractivity contribution in [3.63, 3.8) is 0 Å². The number of rotatable bonds is 1. The Morgan fingerprint density at radius 2 is 2.50 bits per heavy atom. The van der Waals surface area contributed by atoms with E-state index >= 15 is 0 Å². The van der Waals surface area contributed by atoms with Crippen LogP contribution in [-0.4, -0.2) is 21.0 Å². The summed E-state index contributed by atoms with van der Waals surface area (Å²) >= 11 is 4.34. The summed E-state index contributed by atoms with van der Waals surface area (Å²) in [5.41, 5.74) is 1.15. The van der Waals surface area contributed by atoms with Crippen LogP contribution in [0.15, 0.2) is 29.5 Å². The molecule has 0 spiro atoms. The first-order chi connectivity index (χ1) is 6.81. The lowest BCUT2D eigenvalue weighted by atomic mass is 10.2. The zero-order valence-corrected chi connectivity index (χ0v) is 7.84. The van der Waals surface area contributed by atoms with Crippen LogP contribution >= 0.6 is 12.2 Å². The molecule has 0 aliphatic carbocycles. The van der Waals surface area contributed by atoms with Crippen molar-refractivity contribution in [2.24, 2.45) is 4.99 Å². The van der Waals surface area contributed by atoms with Crippen LogP contribution in [0, 0.1) is 0 Å². The van der Waals surface area contributed by atoms with E-state index in [-0.39, 0.29) is 0 Å². The van der Waals surface area contributed by atoms with Gasteiger partial charge in [-0.05, 0) is 24.4 Å². The number of carbonyl (C=O) groups excluding carboxylic acids is 1. The number of pyridine rings is 1. The van der Waals surface area contributed by atoms with Crippen LogP contribution in [0.2, 0.25) is 0 Å². The Kier molecular flexibility index (Phi) is 2.18. The number of aliphatic imine (C=N–C) groups is 1. The highest BCUT2D eigenvalue weighted by molar-refractivity contribution is 7.78. The van der Waals surface area contributed by atoms with Gasteiger partial charge in [-0.3, -0.25) is 4.79 Å². The highest BCUT2D eigenvalue weighted by atomic mass is 32.1. The number of aromatic nitrogens is 2. The van der Waals surface area contributed by atoms with Crippen LogP contribution < -0.4 is 0 Å². The van der Waals surface area contributed by atoms with Crippen LogP contribution in [0.5, 0.6) is 0 Å². The molecule has 0 aliphatic rings. The Morgan fingerprint density at radius 3 is 3.29 bits per heavy atom. The van der Waals surface area contributed by atoms with E-state index < -0.39 is 5.91 Å². The first kappa shape index (κ1) is 8.74. The molecule has 0 fully saturated rings. The van der Waals surface area contributed by atoms with Gasteiger partial charge in [-0.2, -0.15) is 4.99 Å². The SMILES string of the molecule is O=C(N=C=S)c1cnc2[nH]ccc2c1. The van der Waals surface area contributed by atoms with Crippen molar-refractivity contribution in [1.82, 2.24) is 9.97 Å². The van der Waals surface area contributed by atoms with Crippen molar-refractivity contribution < 1.29 is 4.79 Å². The number of thiocarbonyl (C=S) groups is 1. The van der Waals surface area contributed by atoms with E-state index in [0.717, 1.165) is 11.0 Å². The molecule has 1 N–H and O–H groups in total. The number of isothiocyanates is 1. The lowest BCUT2D eigenvalue weighted by Gasteiger charge is -1.93. The molecule has 0 bridgehead atoms. The number of carbonyl (C=O) groups is 1. The predicted octanol–water partition coefficient (Wildman–Crippen LogP) is 1.81. The molecule has 0 atom stereocenters. The van der Waals surface area contributed by atoms with Gasteiger partial charge < -0.3 is 4.98 Å². The van der Waals surface area contributed by atoms with Gasteiger partial charge in [0.1, 0.15) is 5.65 Å². The second-order valence-electron chi connectivity index (χ2n) is 2.65. The maximum atomic E-state index is 11.3. The van der Waals surface area contributed by atoms with E-state index in [1.807, 2.05) is 11.2 Å². The summed E-state index contributed by atoms with van der Waals surface area (Å²) in [5.74, 6) is -0.421. The predicted molar refractivity (Wildman–Crippen MR) is 55.5 cm³/mol. The molecule has 0 saturated carbocycles. The second-order valence-corrected chi connectivity index (χ2v) is 2.83. The maximum Gasteiger partial charge on any atom is 0.287 e. The van der Waals surface area contributed by atoms with Crippen molar-refractivity contribution in [2.45, 2.75) is 0 Å². The average Bonchev–Trinajstić information content (AvgIpc) is 2.64. The van der Waals surface area contributed by atoms with Crippen molar-refractivity contribution in [3.8, 4) is 0 Å². The molecule has 0 aliphatic heterocycles. The zero-order valence-electron chi connectivity index (χ0n) is 7.02. The van der Waals surface area contributed by atoms with E-state index in [1.54, 1.807) is 12.3 Å². The smallest absolute Gasteiger partial charge is 0.287 e. The summed E-state index contributed by atoms with van der Waals surface area (Å²) in [6, 6.07) is 3.54. The van der Waals surface area contributed by atoms with Crippen molar-refractivity contribution in [2.75, 3.05) is 0 Å². The Labute approximate surface area is 84.7 Å². The summed E-state index contributed by atoms with van der Waals surface area (Å²) in [6.45, 7) is 0. The Bertz CT molecular complexity index is 540. The normalized spacial score (nSPS) is 9.71. The minimum Gasteiger partial charge on any atom is -0.346 e. The lowest BCUT2D eigenvalue weighted by molar-refractivity contribution is 0.100. The minimum atomic E-state index is -0.421. The fraction of sp³-hybridized carbons (Fsp3) is 0. The van der Waals surface area contributed by atoms with Crippen LogP contribution in [0.25, 0.3) is 11.0 Å². The summed E-state index contributed by atoms with van der Waals surface area (Å²) in [4.78, 5) is 21.6. The molecule has 14 heavy (non-hydrogen) atoms. The number of hydrogen-bond donors (Lipinski definition) is 1. The summed E-state index contributed by atoms with van der Waals surface area (Å²) < 4.78 is 0. The number of fused-ring (bicyclic) bond motifs is 1. The van der Waals surface area contributed by atoms with Gasteiger partial charge in [0.25, 0.3) is 5.91 Å². The quantitative estimate of drug-likeness (QED) is 0.568. The highest BCUT2D eigenvalue weighted by Gasteiger charge is 2.05. The number of hydrogen-bond acceptors (Lipinski definition) is 3. The van der Waals surface area contributed by atoms with E-state index in [0.29, 0.717) is 5.56 Å². The molecule has 0 aromatic carbocycles. The Balaban J connectivity index is 2.53. The molecular formula is C9H5N3OS. The minimum absolute atomic E-state index is 0.412. The summed E-state index contributed by atoms with van der Waals surface area (Å²) in [6.07, 6.45) is 3.21. The number of H-pyrrole nitrogens is 1. The first-order valence-electron chi connectivity index (χ1n) is 3.86. The van der Waals surface area contributed by atoms with Gasteiger partial charge in [0.05, 0.1) is 10.7 Å². The average molecular weight is 203 g/mol. The Morgan fingerprint density at radius 1 is 1.64 bits per heavy atom. The van der Waals surface area contributed by atoms with E-state index in [4.69, 9.17) is 0 Å². The fourth-order valence-corrected chi connectivity index (χ4v) is 1.25. The third kappa shape index (κ3) is 1.46. The molecule has 0 saturated heterocycles. The second kappa shape index (κ2) is 3.49. The molecule has 2 heterocycles. The van der Waals surface area contributed by atoms with Crippen molar-refractivity contribution in [3.05, 3.63) is 30.1 Å².